The van der Waals surface area contributed by atoms with Gasteiger partial charge in [0.2, 0.25) is 0 Å². The van der Waals surface area contributed by atoms with Crippen LogP contribution in [0.2, 0.25) is 13.1 Å². The Morgan fingerprint density at radius 1 is 1.27 bits per heavy atom. The molecule has 2 heterocycles. The van der Waals surface area contributed by atoms with E-state index in [1.165, 1.54) is 0 Å². The summed E-state index contributed by atoms with van der Waals surface area (Å²) in [5.41, 5.74) is 2.04. The Labute approximate surface area is 143 Å². The van der Waals surface area contributed by atoms with Crippen molar-refractivity contribution in [2.24, 2.45) is 5.41 Å². The second-order valence-electron chi connectivity index (χ2n) is 7.45. The summed E-state index contributed by atoms with van der Waals surface area (Å²) < 4.78 is 9.15. The highest BCUT2D eigenvalue weighted by molar-refractivity contribution is 9.10. The summed E-state index contributed by atoms with van der Waals surface area (Å²) in [6, 6.07) is 2.13. The molecule has 0 aliphatic heterocycles. The van der Waals surface area contributed by atoms with Crippen molar-refractivity contribution in [1.82, 2.24) is 14.6 Å². The molecule has 6 heteroatoms. The second kappa shape index (κ2) is 6.41. The number of halogens is 1. The lowest BCUT2D eigenvalue weighted by molar-refractivity contribution is 0.0861. The molecule has 122 valence electrons. The van der Waals surface area contributed by atoms with E-state index < -0.39 is 9.04 Å². The van der Waals surface area contributed by atoms with Crippen LogP contribution in [0.5, 0.6) is 0 Å². The van der Waals surface area contributed by atoms with E-state index in [-0.39, 0.29) is 11.5 Å². The third-order valence-electron chi connectivity index (χ3n) is 3.44. The number of hydrogen-bond acceptors (Lipinski definition) is 3. The molecule has 0 aliphatic carbocycles. The molecule has 0 spiro atoms. The van der Waals surface area contributed by atoms with Crippen LogP contribution in [-0.4, -0.2) is 23.6 Å². The number of hydrogen-bond donors (Lipinski definition) is 0. The van der Waals surface area contributed by atoms with Gasteiger partial charge in [-0.3, -0.25) is 0 Å². The predicted molar refractivity (Wildman–Crippen MR) is 96.9 cm³/mol. The van der Waals surface area contributed by atoms with Gasteiger partial charge in [0.25, 0.3) is 0 Å². The van der Waals surface area contributed by atoms with E-state index in [9.17, 15) is 0 Å². The van der Waals surface area contributed by atoms with Gasteiger partial charge >= 0.3 is 0 Å². The average Bonchev–Trinajstić information content (AvgIpc) is 2.79. The number of fused-ring (bicyclic) bond motifs is 1. The van der Waals surface area contributed by atoms with Gasteiger partial charge in [-0.15, -0.1) is 0 Å². The molecule has 0 N–H and O–H groups in total. The topological polar surface area (TPSA) is 39.4 Å². The first-order valence-corrected chi connectivity index (χ1v) is 11.4. The Morgan fingerprint density at radius 3 is 2.41 bits per heavy atom. The zero-order chi connectivity index (χ0) is 16.7. The van der Waals surface area contributed by atoms with Gasteiger partial charge in [0.1, 0.15) is 0 Å². The van der Waals surface area contributed by atoms with Gasteiger partial charge in [0.15, 0.2) is 20.5 Å². The third kappa shape index (κ3) is 3.78. The molecule has 2 aromatic heterocycles. The molecule has 2 rings (SSSR count). The zero-order valence-corrected chi connectivity index (χ0v) is 17.3. The van der Waals surface area contributed by atoms with E-state index in [4.69, 9.17) is 4.43 Å². The van der Waals surface area contributed by atoms with Gasteiger partial charge in [-0.05, 0) is 46.1 Å². The Morgan fingerprint density at radius 2 is 1.91 bits per heavy atom. The molecule has 0 saturated heterocycles. The van der Waals surface area contributed by atoms with E-state index in [1.54, 1.807) is 0 Å². The smallest absolute Gasteiger partial charge is 0.171 e. The summed E-state index contributed by atoms with van der Waals surface area (Å²) in [4.78, 5) is 4.61. The summed E-state index contributed by atoms with van der Waals surface area (Å²) in [7, 11) is -1.15. The van der Waals surface area contributed by atoms with Gasteiger partial charge in [-0.1, -0.05) is 34.6 Å². The molecule has 0 saturated carbocycles. The summed E-state index contributed by atoms with van der Waals surface area (Å²) in [6.07, 6.45) is 2.12. The molecule has 0 bridgehead atoms. The maximum Gasteiger partial charge on any atom is 0.171 e. The highest BCUT2D eigenvalue weighted by Gasteiger charge is 2.29. The van der Waals surface area contributed by atoms with Crippen LogP contribution >= 0.6 is 15.9 Å². The highest BCUT2D eigenvalue weighted by Crippen LogP contribution is 2.38. The zero-order valence-electron chi connectivity index (χ0n) is 14.5. The first-order chi connectivity index (χ1) is 10.1. The normalized spacial score (nSPS) is 14.3. The number of rotatable bonds is 4. The van der Waals surface area contributed by atoms with Gasteiger partial charge in [0, 0.05) is 12.1 Å². The van der Waals surface area contributed by atoms with Crippen molar-refractivity contribution in [3.05, 3.63) is 28.1 Å². The molecule has 2 aromatic rings. The van der Waals surface area contributed by atoms with Gasteiger partial charge in [0.05, 0.1) is 10.6 Å². The second-order valence-corrected chi connectivity index (χ2v) is 10.7. The quantitative estimate of drug-likeness (QED) is 0.717. The highest BCUT2D eigenvalue weighted by atomic mass is 79.9. The summed E-state index contributed by atoms with van der Waals surface area (Å²) in [6.45, 7) is 15.3. The minimum absolute atomic E-state index is 0.0336. The molecule has 1 atom stereocenters. The molecule has 0 amide bonds. The maximum atomic E-state index is 6.32. The third-order valence-corrected chi connectivity index (χ3v) is 4.84. The maximum absolute atomic E-state index is 6.32. The monoisotopic (exact) mass is 383 g/mol. The van der Waals surface area contributed by atoms with E-state index >= 15 is 0 Å². The summed E-state index contributed by atoms with van der Waals surface area (Å²) in [5, 5.41) is 4.61. The lowest BCUT2D eigenvalue weighted by atomic mass is 9.85. The van der Waals surface area contributed by atoms with Gasteiger partial charge in [-0.25, -0.2) is 9.50 Å². The molecule has 0 aromatic carbocycles. The molecule has 0 aliphatic rings. The summed E-state index contributed by atoms with van der Waals surface area (Å²) >= 11 is 3.64. The summed E-state index contributed by atoms with van der Waals surface area (Å²) in [5.74, 6) is 1.18. The van der Waals surface area contributed by atoms with Crippen molar-refractivity contribution in [2.45, 2.75) is 59.7 Å². The van der Waals surface area contributed by atoms with Crippen LogP contribution in [0.15, 0.2) is 16.7 Å². The van der Waals surface area contributed by atoms with Crippen molar-refractivity contribution in [3.8, 4) is 0 Å². The fourth-order valence-corrected chi connectivity index (χ4v) is 4.07. The van der Waals surface area contributed by atoms with Crippen molar-refractivity contribution in [1.29, 1.82) is 0 Å². The molecular formula is C16H26BrN3OSi. The molecule has 0 radical (unpaired) electrons. The predicted octanol–water partition coefficient (Wildman–Crippen LogP) is 4.70. The molecular weight excluding hydrogens is 358 g/mol. The van der Waals surface area contributed by atoms with Crippen molar-refractivity contribution in [2.75, 3.05) is 0 Å². The van der Waals surface area contributed by atoms with E-state index in [0.717, 1.165) is 21.5 Å². The molecule has 4 nitrogen and oxygen atoms in total. The van der Waals surface area contributed by atoms with Crippen LogP contribution in [0.1, 0.15) is 58.0 Å². The molecule has 0 fully saturated rings. The van der Waals surface area contributed by atoms with Crippen LogP contribution in [0.4, 0.5) is 0 Å². The Bertz CT molecular complexity index is 661. The van der Waals surface area contributed by atoms with Crippen LogP contribution < -0.4 is 0 Å². The Balaban J connectivity index is 2.54. The van der Waals surface area contributed by atoms with Crippen LogP contribution in [0.25, 0.3) is 5.65 Å². The lowest BCUT2D eigenvalue weighted by Gasteiger charge is -2.33. The first kappa shape index (κ1) is 17.6. The van der Waals surface area contributed by atoms with Crippen molar-refractivity contribution >= 4 is 30.6 Å². The Kier molecular flexibility index (Phi) is 5.14. The largest absolute Gasteiger partial charge is 0.413 e. The average molecular weight is 384 g/mol. The van der Waals surface area contributed by atoms with E-state index in [1.807, 2.05) is 4.52 Å². The minimum Gasteiger partial charge on any atom is -0.413 e. The molecule has 1 unspecified atom stereocenters. The standard InChI is InChI=1S/C16H26BrN3OSi/c1-10(2)14-18-15-12(17)8-11(9-20(15)19-14)13(16(3,4)5)21-22(6)7/h8-10,13,22H,1-7H3. The minimum atomic E-state index is -1.15. The van der Waals surface area contributed by atoms with Crippen LogP contribution in [0.3, 0.4) is 0 Å². The Hall–Kier alpha value is -0.723. The van der Waals surface area contributed by atoms with Crippen molar-refractivity contribution in [3.63, 3.8) is 0 Å². The molecule has 22 heavy (non-hydrogen) atoms. The first-order valence-electron chi connectivity index (χ1n) is 7.80. The fourth-order valence-electron chi connectivity index (χ4n) is 2.42. The van der Waals surface area contributed by atoms with Gasteiger partial charge < -0.3 is 4.43 Å². The number of nitrogens with zero attached hydrogens (tertiary/aromatic N) is 3. The lowest BCUT2D eigenvalue weighted by Crippen LogP contribution is -2.26. The van der Waals surface area contributed by atoms with Crippen molar-refractivity contribution < 1.29 is 4.43 Å². The van der Waals surface area contributed by atoms with Crippen LogP contribution in [0, 0.1) is 5.41 Å². The van der Waals surface area contributed by atoms with Gasteiger partial charge in [-0.2, -0.15) is 5.10 Å². The number of aromatic nitrogens is 3. The fraction of sp³-hybridized carbons (Fsp3) is 0.625. The van der Waals surface area contributed by atoms with E-state index in [0.29, 0.717) is 5.92 Å². The van der Waals surface area contributed by atoms with Crippen LogP contribution in [-0.2, 0) is 4.43 Å². The SMILES string of the molecule is CC(C)c1nc2c(Br)cc(C(O[SiH](C)C)C(C)(C)C)cn2n1. The number of pyridine rings is 1. The van der Waals surface area contributed by atoms with E-state index in [2.05, 4.69) is 86.0 Å².